The summed E-state index contributed by atoms with van der Waals surface area (Å²) in [5, 5.41) is 19.6. The van der Waals surface area contributed by atoms with Crippen LogP contribution in [0.1, 0.15) is 11.1 Å². The second-order valence-corrected chi connectivity index (χ2v) is 4.19. The minimum Gasteiger partial charge on any atom is -0.490 e. The fraction of sp³-hybridized carbons (Fsp3) is 0.133. The highest BCUT2D eigenvalue weighted by atomic mass is 16.6. The van der Waals surface area contributed by atoms with E-state index in [2.05, 4.69) is 0 Å². The Morgan fingerprint density at radius 2 is 1.95 bits per heavy atom. The molecule has 0 amide bonds. The van der Waals surface area contributed by atoms with Crippen molar-refractivity contribution in [2.75, 3.05) is 7.11 Å². The number of nitriles is 1. The van der Waals surface area contributed by atoms with Crippen LogP contribution in [0.2, 0.25) is 0 Å². The lowest BCUT2D eigenvalue weighted by atomic mass is 10.2. The first-order chi connectivity index (χ1) is 10.1. The summed E-state index contributed by atoms with van der Waals surface area (Å²) in [6, 6.07) is 13.3. The van der Waals surface area contributed by atoms with E-state index in [1.54, 1.807) is 30.3 Å². The van der Waals surface area contributed by atoms with E-state index in [0.29, 0.717) is 16.9 Å². The molecule has 0 saturated carbocycles. The maximum absolute atomic E-state index is 10.9. The van der Waals surface area contributed by atoms with Gasteiger partial charge in [-0.1, -0.05) is 6.07 Å². The maximum atomic E-state index is 10.9. The molecule has 2 rings (SSSR count). The molecule has 0 N–H and O–H groups in total. The summed E-state index contributed by atoms with van der Waals surface area (Å²) in [5.74, 6) is 0.801. The van der Waals surface area contributed by atoms with Gasteiger partial charge in [-0.05, 0) is 35.9 Å². The van der Waals surface area contributed by atoms with Crippen LogP contribution in [0.3, 0.4) is 0 Å². The summed E-state index contributed by atoms with van der Waals surface area (Å²) in [6.07, 6.45) is 0. The monoisotopic (exact) mass is 284 g/mol. The molecule has 0 atom stereocenters. The molecule has 2 aromatic rings. The predicted molar refractivity (Wildman–Crippen MR) is 75.1 cm³/mol. The molecule has 0 aliphatic rings. The van der Waals surface area contributed by atoms with Gasteiger partial charge in [0.15, 0.2) is 5.75 Å². The Balaban J connectivity index is 2.11. The van der Waals surface area contributed by atoms with Gasteiger partial charge >= 0.3 is 5.69 Å². The second kappa shape index (κ2) is 6.39. The highest BCUT2D eigenvalue weighted by Crippen LogP contribution is 2.28. The molecule has 0 saturated heterocycles. The summed E-state index contributed by atoms with van der Waals surface area (Å²) < 4.78 is 10.5. The molecule has 0 spiro atoms. The van der Waals surface area contributed by atoms with Crippen LogP contribution in [-0.4, -0.2) is 12.0 Å². The van der Waals surface area contributed by atoms with Crippen LogP contribution in [0.4, 0.5) is 5.69 Å². The average molecular weight is 284 g/mol. The third kappa shape index (κ3) is 3.48. The standard InChI is InChI=1S/C15H12N2O4/c1-20-15-7-4-12(8-14(15)17(18)19)10-21-13-5-2-11(9-16)3-6-13/h2-8H,10H2,1H3. The topological polar surface area (TPSA) is 85.4 Å². The molecule has 21 heavy (non-hydrogen) atoms. The first-order valence-electron chi connectivity index (χ1n) is 6.08. The summed E-state index contributed by atoms with van der Waals surface area (Å²) in [4.78, 5) is 10.4. The molecular formula is C15H12N2O4. The Morgan fingerprint density at radius 3 is 2.52 bits per heavy atom. The zero-order chi connectivity index (χ0) is 15.2. The highest BCUT2D eigenvalue weighted by Gasteiger charge is 2.15. The number of nitro benzene ring substituents is 1. The largest absolute Gasteiger partial charge is 0.490 e. The van der Waals surface area contributed by atoms with Crippen molar-refractivity contribution >= 4 is 5.69 Å². The zero-order valence-corrected chi connectivity index (χ0v) is 11.3. The van der Waals surface area contributed by atoms with Crippen molar-refractivity contribution in [2.45, 2.75) is 6.61 Å². The first kappa shape index (κ1) is 14.3. The molecule has 6 nitrogen and oxygen atoms in total. The SMILES string of the molecule is COc1ccc(COc2ccc(C#N)cc2)cc1[N+](=O)[O-]. The van der Waals surface area contributed by atoms with Crippen LogP contribution in [0.25, 0.3) is 0 Å². The molecule has 0 bridgehead atoms. The minimum atomic E-state index is -0.496. The van der Waals surface area contributed by atoms with Crippen molar-refractivity contribution in [1.29, 1.82) is 5.26 Å². The Hall–Kier alpha value is -3.07. The van der Waals surface area contributed by atoms with Gasteiger partial charge in [0.05, 0.1) is 23.7 Å². The van der Waals surface area contributed by atoms with Crippen LogP contribution in [0.15, 0.2) is 42.5 Å². The van der Waals surface area contributed by atoms with E-state index in [4.69, 9.17) is 14.7 Å². The lowest BCUT2D eigenvalue weighted by molar-refractivity contribution is -0.385. The third-order valence-corrected chi connectivity index (χ3v) is 2.83. The number of methoxy groups -OCH3 is 1. The highest BCUT2D eigenvalue weighted by molar-refractivity contribution is 5.48. The van der Waals surface area contributed by atoms with Gasteiger partial charge < -0.3 is 9.47 Å². The summed E-state index contributed by atoms with van der Waals surface area (Å²) in [6.45, 7) is 0.191. The van der Waals surface area contributed by atoms with Crippen molar-refractivity contribution in [3.8, 4) is 17.6 Å². The maximum Gasteiger partial charge on any atom is 0.311 e. The molecular weight excluding hydrogens is 272 g/mol. The van der Waals surface area contributed by atoms with E-state index < -0.39 is 4.92 Å². The molecule has 106 valence electrons. The lowest BCUT2D eigenvalue weighted by Gasteiger charge is -2.07. The molecule has 0 radical (unpaired) electrons. The zero-order valence-electron chi connectivity index (χ0n) is 11.3. The summed E-state index contributed by atoms with van der Waals surface area (Å²) in [5.41, 5.74) is 1.10. The lowest BCUT2D eigenvalue weighted by Crippen LogP contribution is -1.99. The fourth-order valence-corrected chi connectivity index (χ4v) is 1.76. The molecule has 0 unspecified atom stereocenters. The van der Waals surface area contributed by atoms with Crippen LogP contribution < -0.4 is 9.47 Å². The Kier molecular flexibility index (Phi) is 4.36. The van der Waals surface area contributed by atoms with E-state index in [1.807, 2.05) is 6.07 Å². The smallest absolute Gasteiger partial charge is 0.311 e. The second-order valence-electron chi connectivity index (χ2n) is 4.19. The Labute approximate surface area is 121 Å². The predicted octanol–water partition coefficient (Wildman–Crippen LogP) is 3.05. The number of nitro groups is 1. The summed E-state index contributed by atoms with van der Waals surface area (Å²) >= 11 is 0. The van der Waals surface area contributed by atoms with E-state index in [1.165, 1.54) is 19.2 Å². The molecule has 0 aliphatic carbocycles. The molecule has 0 aromatic heterocycles. The average Bonchev–Trinajstić information content (AvgIpc) is 2.53. The fourth-order valence-electron chi connectivity index (χ4n) is 1.76. The van der Waals surface area contributed by atoms with E-state index in [0.717, 1.165) is 0 Å². The van der Waals surface area contributed by atoms with Crippen LogP contribution in [0.5, 0.6) is 11.5 Å². The van der Waals surface area contributed by atoms with Gasteiger partial charge in [0, 0.05) is 6.07 Å². The van der Waals surface area contributed by atoms with Gasteiger partial charge in [-0.25, -0.2) is 0 Å². The quantitative estimate of drug-likeness (QED) is 0.622. The van der Waals surface area contributed by atoms with E-state index >= 15 is 0 Å². The number of ether oxygens (including phenoxy) is 2. The summed E-state index contributed by atoms with van der Waals surface area (Å²) in [7, 11) is 1.38. The normalized spacial score (nSPS) is 9.71. The van der Waals surface area contributed by atoms with Gasteiger partial charge in [0.1, 0.15) is 12.4 Å². The van der Waals surface area contributed by atoms with E-state index in [9.17, 15) is 10.1 Å². The minimum absolute atomic E-state index is 0.0987. The Bertz CT molecular complexity index is 690. The number of rotatable bonds is 5. The Morgan fingerprint density at radius 1 is 1.24 bits per heavy atom. The van der Waals surface area contributed by atoms with Gasteiger partial charge in [-0.15, -0.1) is 0 Å². The molecule has 0 fully saturated rings. The number of hydrogen-bond acceptors (Lipinski definition) is 5. The van der Waals surface area contributed by atoms with Crippen LogP contribution in [0, 0.1) is 21.4 Å². The molecule has 6 heteroatoms. The van der Waals surface area contributed by atoms with Gasteiger partial charge in [0.2, 0.25) is 0 Å². The number of nitrogens with zero attached hydrogens (tertiary/aromatic N) is 2. The van der Waals surface area contributed by atoms with Gasteiger partial charge in [-0.2, -0.15) is 5.26 Å². The van der Waals surface area contributed by atoms with Crippen molar-refractivity contribution in [1.82, 2.24) is 0 Å². The van der Waals surface area contributed by atoms with Gasteiger partial charge in [-0.3, -0.25) is 10.1 Å². The van der Waals surface area contributed by atoms with Crippen molar-refractivity contribution in [3.05, 3.63) is 63.7 Å². The van der Waals surface area contributed by atoms with Gasteiger partial charge in [0.25, 0.3) is 0 Å². The van der Waals surface area contributed by atoms with Crippen molar-refractivity contribution in [3.63, 3.8) is 0 Å². The first-order valence-corrected chi connectivity index (χ1v) is 6.08. The molecule has 2 aromatic carbocycles. The number of hydrogen-bond donors (Lipinski definition) is 0. The number of benzene rings is 2. The molecule has 0 aliphatic heterocycles. The molecule has 0 heterocycles. The van der Waals surface area contributed by atoms with Crippen molar-refractivity contribution < 1.29 is 14.4 Å². The van der Waals surface area contributed by atoms with Crippen molar-refractivity contribution in [2.24, 2.45) is 0 Å². The third-order valence-electron chi connectivity index (χ3n) is 2.83. The van der Waals surface area contributed by atoms with Crippen LogP contribution in [-0.2, 0) is 6.61 Å². The van der Waals surface area contributed by atoms with E-state index in [-0.39, 0.29) is 18.0 Å². The van der Waals surface area contributed by atoms with Crippen LogP contribution >= 0.6 is 0 Å².